The molecule has 0 unspecified atom stereocenters. The number of benzene rings is 1. The third-order valence-corrected chi connectivity index (χ3v) is 7.38. The van der Waals surface area contributed by atoms with E-state index in [9.17, 15) is 5.21 Å². The van der Waals surface area contributed by atoms with Crippen LogP contribution in [0, 0.1) is 0 Å². The first kappa shape index (κ1) is 27.3. The zero-order chi connectivity index (χ0) is 23.6. The first-order valence-electron chi connectivity index (χ1n) is 12.6. The highest BCUT2D eigenvalue weighted by Gasteiger charge is 2.26. The van der Waals surface area contributed by atoms with Crippen molar-refractivity contribution in [2.24, 2.45) is 5.16 Å². The van der Waals surface area contributed by atoms with Crippen molar-refractivity contribution in [1.82, 2.24) is 19.2 Å². The van der Waals surface area contributed by atoms with E-state index in [0.717, 1.165) is 36.9 Å². The molecule has 10 heteroatoms. The van der Waals surface area contributed by atoms with Crippen LogP contribution in [-0.2, 0) is 0 Å². The summed E-state index contributed by atoms with van der Waals surface area (Å²) in [5.74, 6) is 1.28. The van der Waals surface area contributed by atoms with Crippen molar-refractivity contribution >= 4 is 41.3 Å². The number of hydrogen-bond donors (Lipinski definition) is 1. The van der Waals surface area contributed by atoms with E-state index >= 15 is 0 Å². The topological polar surface area (TPSA) is 78.7 Å². The predicted molar refractivity (Wildman–Crippen MR) is 148 cm³/mol. The van der Waals surface area contributed by atoms with E-state index in [-0.39, 0.29) is 24.8 Å². The molecule has 1 N–H and O–H groups in total. The SMILES string of the molecule is Cl.Cl.O/N=c1/cc(-c2cc3cccn3cn2)oc2ccc(OCCN3CCC(N4CCCC4)CC3)cc12. The van der Waals surface area contributed by atoms with Gasteiger partial charge in [0.15, 0.2) is 5.76 Å². The molecular weight excluding hydrogens is 513 g/mol. The summed E-state index contributed by atoms with van der Waals surface area (Å²) >= 11 is 0. The van der Waals surface area contributed by atoms with Crippen molar-refractivity contribution in [3.63, 3.8) is 0 Å². The van der Waals surface area contributed by atoms with Gasteiger partial charge in [-0.1, -0.05) is 5.16 Å². The largest absolute Gasteiger partial charge is 0.492 e. The fourth-order valence-corrected chi connectivity index (χ4v) is 5.43. The van der Waals surface area contributed by atoms with Gasteiger partial charge >= 0.3 is 0 Å². The maximum Gasteiger partial charge on any atom is 0.155 e. The second kappa shape index (κ2) is 12.2. The Morgan fingerprint density at radius 3 is 2.62 bits per heavy atom. The normalized spacial score (nSPS) is 17.7. The van der Waals surface area contributed by atoms with E-state index in [4.69, 9.17) is 9.15 Å². The molecule has 2 fully saturated rings. The molecule has 0 amide bonds. The standard InChI is InChI=1S/C27H31N5O3.2ClH/c33-29-24-18-27(25-16-21-4-3-11-32(21)19-28-25)35-26-6-5-22(17-23(24)26)34-15-14-30-12-7-20(8-13-30)31-9-1-2-10-31;;/h3-6,11,16-20,33H,1-2,7-10,12-15H2;2*1H/b29-24-;;. The lowest BCUT2D eigenvalue weighted by molar-refractivity contribution is 0.114. The highest BCUT2D eigenvalue weighted by Crippen LogP contribution is 2.25. The molecule has 198 valence electrons. The number of ether oxygens (including phenoxy) is 1. The number of halogens is 2. The number of aromatic nitrogens is 2. The molecule has 5 heterocycles. The molecule has 4 aromatic rings. The van der Waals surface area contributed by atoms with Gasteiger partial charge in [0, 0.05) is 30.4 Å². The van der Waals surface area contributed by atoms with Gasteiger partial charge in [-0.2, -0.15) is 0 Å². The first-order valence-corrected chi connectivity index (χ1v) is 12.6. The Morgan fingerprint density at radius 2 is 1.84 bits per heavy atom. The van der Waals surface area contributed by atoms with Crippen LogP contribution in [0.3, 0.4) is 0 Å². The molecule has 0 spiro atoms. The molecule has 3 aromatic heterocycles. The fraction of sp³-hybridized carbons (Fsp3) is 0.407. The number of piperidine rings is 1. The van der Waals surface area contributed by atoms with E-state index in [1.807, 2.05) is 47.0 Å². The zero-order valence-corrected chi connectivity index (χ0v) is 22.3. The van der Waals surface area contributed by atoms with Crippen LogP contribution >= 0.6 is 24.8 Å². The van der Waals surface area contributed by atoms with Gasteiger partial charge in [-0.3, -0.25) is 4.90 Å². The number of nitrogens with zero attached hydrogens (tertiary/aromatic N) is 5. The smallest absolute Gasteiger partial charge is 0.155 e. The Labute approximate surface area is 228 Å². The van der Waals surface area contributed by atoms with Crippen molar-refractivity contribution in [2.75, 3.05) is 39.3 Å². The third kappa shape index (κ3) is 5.88. The monoisotopic (exact) mass is 545 g/mol. The molecule has 2 saturated heterocycles. The number of fused-ring (bicyclic) bond motifs is 2. The Bertz CT molecular complexity index is 1390. The molecule has 0 radical (unpaired) electrons. The van der Waals surface area contributed by atoms with Crippen molar-refractivity contribution in [1.29, 1.82) is 0 Å². The molecule has 1 aromatic carbocycles. The molecule has 37 heavy (non-hydrogen) atoms. The number of hydrogen-bond acceptors (Lipinski definition) is 7. The summed E-state index contributed by atoms with van der Waals surface area (Å²) in [6.07, 6.45) is 8.92. The summed E-state index contributed by atoms with van der Waals surface area (Å²) in [4.78, 5) is 9.65. The Hall–Kier alpha value is -2.78. The van der Waals surface area contributed by atoms with Gasteiger partial charge in [0.05, 0.1) is 11.7 Å². The Kier molecular flexibility index (Phi) is 8.97. The maximum absolute atomic E-state index is 9.69. The van der Waals surface area contributed by atoms with Crippen LogP contribution in [0.15, 0.2) is 64.6 Å². The summed E-state index contributed by atoms with van der Waals surface area (Å²) in [5, 5.41) is 14.3. The quantitative estimate of drug-likeness (QED) is 0.276. The number of likely N-dealkylation sites (tertiary alicyclic amines) is 2. The lowest BCUT2D eigenvalue weighted by atomic mass is 10.0. The number of rotatable bonds is 6. The lowest BCUT2D eigenvalue weighted by Gasteiger charge is -2.36. The molecule has 0 saturated carbocycles. The lowest BCUT2D eigenvalue weighted by Crippen LogP contribution is -2.44. The van der Waals surface area contributed by atoms with Gasteiger partial charge in [0.2, 0.25) is 0 Å². The van der Waals surface area contributed by atoms with E-state index in [0.29, 0.717) is 34.4 Å². The predicted octanol–water partition coefficient (Wildman–Crippen LogP) is 4.82. The van der Waals surface area contributed by atoms with Crippen molar-refractivity contribution < 1.29 is 14.4 Å². The maximum atomic E-state index is 9.69. The average molecular weight is 546 g/mol. The zero-order valence-electron chi connectivity index (χ0n) is 20.7. The van der Waals surface area contributed by atoms with Gasteiger partial charge in [-0.15, -0.1) is 24.8 Å². The van der Waals surface area contributed by atoms with E-state index in [2.05, 4.69) is 19.9 Å². The second-order valence-electron chi connectivity index (χ2n) is 9.53. The van der Waals surface area contributed by atoms with E-state index < -0.39 is 0 Å². The minimum absolute atomic E-state index is 0. The van der Waals surface area contributed by atoms with Crippen LogP contribution < -0.4 is 10.1 Å². The van der Waals surface area contributed by atoms with Gasteiger partial charge in [-0.05, 0) is 88.3 Å². The van der Waals surface area contributed by atoms with Gasteiger partial charge in [0.1, 0.15) is 29.0 Å². The van der Waals surface area contributed by atoms with Gasteiger partial charge < -0.3 is 23.7 Å². The molecule has 6 rings (SSSR count). The van der Waals surface area contributed by atoms with E-state index in [1.165, 1.54) is 38.8 Å². The minimum Gasteiger partial charge on any atom is -0.492 e. The molecule has 2 aliphatic heterocycles. The van der Waals surface area contributed by atoms with Crippen molar-refractivity contribution in [2.45, 2.75) is 31.7 Å². The summed E-state index contributed by atoms with van der Waals surface area (Å²) in [7, 11) is 0. The average Bonchev–Trinajstić information content (AvgIpc) is 3.60. The summed E-state index contributed by atoms with van der Waals surface area (Å²) in [6, 6.07) is 14.0. The van der Waals surface area contributed by atoms with Crippen LogP contribution in [0.5, 0.6) is 5.75 Å². The van der Waals surface area contributed by atoms with Crippen LogP contribution in [-0.4, -0.2) is 69.8 Å². The van der Waals surface area contributed by atoms with Crippen LogP contribution in [0.2, 0.25) is 0 Å². The van der Waals surface area contributed by atoms with Crippen molar-refractivity contribution in [3.8, 4) is 17.2 Å². The first-order chi connectivity index (χ1) is 17.3. The van der Waals surface area contributed by atoms with Gasteiger partial charge in [-0.25, -0.2) is 4.98 Å². The highest BCUT2D eigenvalue weighted by molar-refractivity contribution is 5.85. The van der Waals surface area contributed by atoms with Crippen molar-refractivity contribution in [3.05, 3.63) is 60.3 Å². The third-order valence-electron chi connectivity index (χ3n) is 7.38. The Balaban J connectivity index is 0.00000160. The molecular formula is C27H33Cl2N5O3. The highest BCUT2D eigenvalue weighted by atomic mass is 35.5. The molecule has 2 aliphatic rings. The summed E-state index contributed by atoms with van der Waals surface area (Å²) < 4.78 is 14.1. The van der Waals surface area contributed by atoms with Crippen LogP contribution in [0.1, 0.15) is 25.7 Å². The minimum atomic E-state index is 0. The summed E-state index contributed by atoms with van der Waals surface area (Å²) in [5.41, 5.74) is 2.30. The molecule has 0 bridgehead atoms. The second-order valence-corrected chi connectivity index (χ2v) is 9.53. The summed E-state index contributed by atoms with van der Waals surface area (Å²) in [6.45, 7) is 6.39. The Morgan fingerprint density at radius 1 is 1.03 bits per heavy atom. The van der Waals surface area contributed by atoms with Gasteiger partial charge in [0.25, 0.3) is 0 Å². The molecule has 0 aliphatic carbocycles. The van der Waals surface area contributed by atoms with Crippen LogP contribution in [0.25, 0.3) is 27.9 Å². The molecule has 0 atom stereocenters. The fourth-order valence-electron chi connectivity index (χ4n) is 5.43. The van der Waals surface area contributed by atoms with E-state index in [1.54, 1.807) is 12.4 Å². The molecule has 8 nitrogen and oxygen atoms in total. The van der Waals surface area contributed by atoms with Crippen LogP contribution in [0.4, 0.5) is 0 Å².